The molecule has 8 heteroatoms. The second-order valence-corrected chi connectivity index (χ2v) is 9.13. The molecule has 1 amide bonds. The third-order valence-corrected chi connectivity index (χ3v) is 6.47. The lowest BCUT2D eigenvalue weighted by Crippen LogP contribution is -2.37. The van der Waals surface area contributed by atoms with Crippen LogP contribution >= 0.6 is 27.3 Å². The molecule has 0 saturated carbocycles. The Kier molecular flexibility index (Phi) is 6.89. The van der Waals surface area contributed by atoms with E-state index in [0.717, 1.165) is 40.2 Å². The molecule has 4 rings (SSSR count). The number of hydrogen-bond donors (Lipinski definition) is 1. The van der Waals surface area contributed by atoms with Crippen LogP contribution in [-0.2, 0) is 17.7 Å². The van der Waals surface area contributed by atoms with Crippen LogP contribution in [0, 0.1) is 0 Å². The number of aryl methyl sites for hydroxylation is 1. The lowest BCUT2D eigenvalue weighted by atomic mass is 10.1. The number of rotatable bonds is 6. The van der Waals surface area contributed by atoms with Gasteiger partial charge in [0.05, 0.1) is 19.3 Å². The number of carbonyl (C=O) groups is 1. The van der Waals surface area contributed by atoms with Crippen molar-refractivity contribution < 1.29 is 9.53 Å². The van der Waals surface area contributed by atoms with Crippen molar-refractivity contribution in [1.29, 1.82) is 0 Å². The number of morpholine rings is 1. The van der Waals surface area contributed by atoms with E-state index < -0.39 is 0 Å². The fourth-order valence-electron chi connectivity index (χ4n) is 3.33. The number of benzene rings is 2. The zero-order valence-corrected chi connectivity index (χ0v) is 19.1. The average Bonchev–Trinajstić information content (AvgIpc) is 3.24. The summed E-state index contributed by atoms with van der Waals surface area (Å²) in [7, 11) is 0. The highest BCUT2D eigenvalue weighted by atomic mass is 79.9. The van der Waals surface area contributed by atoms with E-state index in [1.165, 1.54) is 16.9 Å². The van der Waals surface area contributed by atoms with Crippen molar-refractivity contribution in [2.24, 2.45) is 0 Å². The highest BCUT2D eigenvalue weighted by Gasteiger charge is 2.23. The van der Waals surface area contributed by atoms with Crippen LogP contribution in [0.15, 0.2) is 53.0 Å². The Morgan fingerprint density at radius 1 is 1.20 bits per heavy atom. The molecule has 2 aromatic carbocycles. The van der Waals surface area contributed by atoms with Gasteiger partial charge in [-0.05, 0) is 41.8 Å². The largest absolute Gasteiger partial charge is 0.371 e. The van der Waals surface area contributed by atoms with Gasteiger partial charge in [0.15, 0.2) is 0 Å². The molecule has 1 aliphatic heterocycles. The van der Waals surface area contributed by atoms with Crippen molar-refractivity contribution in [3.8, 4) is 0 Å². The van der Waals surface area contributed by atoms with Crippen LogP contribution in [0.2, 0.25) is 0 Å². The van der Waals surface area contributed by atoms with Crippen molar-refractivity contribution in [2.75, 3.05) is 25.0 Å². The number of amides is 1. The molecule has 1 atom stereocenters. The molecular formula is C22H23BrN4O2S. The standard InChI is InChI=1S/C22H23BrN4O2S/c1-2-15-3-9-18(10-4-15)24-21(28)22-26-25-20(30-22)14-27-11-12-29-19(13-27)16-5-7-17(23)8-6-16/h3-10,19H,2,11-14H2,1H3,(H,24,28). The van der Waals surface area contributed by atoms with Gasteiger partial charge >= 0.3 is 0 Å². The number of nitrogens with zero attached hydrogens (tertiary/aromatic N) is 3. The molecule has 156 valence electrons. The maximum atomic E-state index is 12.5. The highest BCUT2D eigenvalue weighted by Crippen LogP contribution is 2.25. The summed E-state index contributed by atoms with van der Waals surface area (Å²) < 4.78 is 7.00. The number of anilines is 1. The van der Waals surface area contributed by atoms with E-state index in [1.54, 1.807) is 0 Å². The second-order valence-electron chi connectivity index (χ2n) is 7.15. The molecule has 1 aromatic heterocycles. The van der Waals surface area contributed by atoms with Crippen LogP contribution in [0.3, 0.4) is 0 Å². The van der Waals surface area contributed by atoms with Crippen LogP contribution in [0.25, 0.3) is 0 Å². The summed E-state index contributed by atoms with van der Waals surface area (Å²) in [4.78, 5) is 14.8. The summed E-state index contributed by atoms with van der Waals surface area (Å²) in [5, 5.41) is 12.4. The van der Waals surface area contributed by atoms with E-state index in [2.05, 4.69) is 55.4 Å². The number of carbonyl (C=O) groups excluding carboxylic acids is 1. The smallest absolute Gasteiger partial charge is 0.286 e. The molecular weight excluding hydrogens is 464 g/mol. The number of hydrogen-bond acceptors (Lipinski definition) is 6. The maximum Gasteiger partial charge on any atom is 0.286 e. The van der Waals surface area contributed by atoms with Gasteiger partial charge in [-0.25, -0.2) is 0 Å². The Hall–Kier alpha value is -2.13. The first kappa shape index (κ1) is 21.1. The Labute approximate surface area is 188 Å². The van der Waals surface area contributed by atoms with E-state index >= 15 is 0 Å². The van der Waals surface area contributed by atoms with E-state index in [4.69, 9.17) is 4.74 Å². The predicted molar refractivity (Wildman–Crippen MR) is 122 cm³/mol. The van der Waals surface area contributed by atoms with Crippen LogP contribution in [0.4, 0.5) is 5.69 Å². The van der Waals surface area contributed by atoms with Crippen LogP contribution < -0.4 is 5.32 Å². The van der Waals surface area contributed by atoms with Gasteiger partial charge in [-0.2, -0.15) is 0 Å². The Bertz CT molecular complexity index is 991. The summed E-state index contributed by atoms with van der Waals surface area (Å²) in [6.45, 7) is 5.05. The fraction of sp³-hybridized carbons (Fsp3) is 0.318. The topological polar surface area (TPSA) is 67.4 Å². The van der Waals surface area contributed by atoms with E-state index in [-0.39, 0.29) is 12.0 Å². The summed E-state index contributed by atoms with van der Waals surface area (Å²) >= 11 is 4.81. The van der Waals surface area contributed by atoms with Crippen molar-refractivity contribution >= 4 is 38.9 Å². The van der Waals surface area contributed by atoms with Crippen molar-refractivity contribution in [2.45, 2.75) is 26.0 Å². The number of ether oxygens (including phenoxy) is 1. The Balaban J connectivity index is 1.35. The minimum Gasteiger partial charge on any atom is -0.371 e. The third kappa shape index (κ3) is 5.31. The van der Waals surface area contributed by atoms with Crippen molar-refractivity contribution in [1.82, 2.24) is 15.1 Å². The lowest BCUT2D eigenvalue weighted by molar-refractivity contribution is -0.0330. The Morgan fingerprint density at radius 2 is 1.97 bits per heavy atom. The van der Waals surface area contributed by atoms with Gasteiger partial charge in [0.2, 0.25) is 5.01 Å². The van der Waals surface area contributed by atoms with Gasteiger partial charge in [0.25, 0.3) is 5.91 Å². The third-order valence-electron chi connectivity index (χ3n) is 5.03. The molecule has 1 saturated heterocycles. The molecule has 0 spiro atoms. The molecule has 0 aliphatic carbocycles. The number of halogens is 1. The lowest BCUT2D eigenvalue weighted by Gasteiger charge is -2.32. The van der Waals surface area contributed by atoms with Gasteiger partial charge < -0.3 is 10.1 Å². The summed E-state index contributed by atoms with van der Waals surface area (Å²) in [6, 6.07) is 16.1. The summed E-state index contributed by atoms with van der Waals surface area (Å²) in [5.41, 5.74) is 3.16. The molecule has 1 unspecified atom stereocenters. The fourth-order valence-corrected chi connectivity index (χ4v) is 4.38. The minimum atomic E-state index is -0.224. The van der Waals surface area contributed by atoms with Gasteiger partial charge in [-0.15, -0.1) is 10.2 Å². The van der Waals surface area contributed by atoms with E-state index in [0.29, 0.717) is 18.2 Å². The molecule has 3 aromatic rings. The van der Waals surface area contributed by atoms with Gasteiger partial charge in [-0.3, -0.25) is 9.69 Å². The maximum absolute atomic E-state index is 12.5. The molecule has 0 bridgehead atoms. The van der Waals surface area contributed by atoms with E-state index in [1.807, 2.05) is 36.4 Å². The van der Waals surface area contributed by atoms with Gasteiger partial charge in [-0.1, -0.05) is 58.5 Å². The molecule has 30 heavy (non-hydrogen) atoms. The summed E-state index contributed by atoms with van der Waals surface area (Å²) in [5.74, 6) is -0.224. The quantitative estimate of drug-likeness (QED) is 0.547. The Morgan fingerprint density at radius 3 is 2.70 bits per heavy atom. The minimum absolute atomic E-state index is 0.0358. The summed E-state index contributed by atoms with van der Waals surface area (Å²) in [6.07, 6.45) is 1.01. The predicted octanol–water partition coefficient (Wildman–Crippen LogP) is 4.69. The van der Waals surface area contributed by atoms with Crippen molar-refractivity contribution in [3.05, 3.63) is 74.1 Å². The SMILES string of the molecule is CCc1ccc(NC(=O)c2nnc(CN3CCOC(c4ccc(Br)cc4)C3)s2)cc1. The molecule has 2 heterocycles. The molecule has 6 nitrogen and oxygen atoms in total. The monoisotopic (exact) mass is 486 g/mol. The van der Waals surface area contributed by atoms with Crippen LogP contribution in [-0.4, -0.2) is 40.7 Å². The molecule has 1 fully saturated rings. The molecule has 1 aliphatic rings. The van der Waals surface area contributed by atoms with Gasteiger partial charge in [0, 0.05) is 23.2 Å². The first-order valence-corrected chi connectivity index (χ1v) is 11.5. The number of aromatic nitrogens is 2. The first-order valence-electron chi connectivity index (χ1n) is 9.93. The molecule has 1 N–H and O–H groups in total. The normalized spacial score (nSPS) is 17.1. The molecule has 0 radical (unpaired) electrons. The van der Waals surface area contributed by atoms with Gasteiger partial charge in [0.1, 0.15) is 5.01 Å². The zero-order valence-electron chi connectivity index (χ0n) is 16.7. The van der Waals surface area contributed by atoms with E-state index in [9.17, 15) is 4.79 Å². The average molecular weight is 487 g/mol. The number of nitrogens with one attached hydrogen (secondary N) is 1. The second kappa shape index (κ2) is 9.78. The highest BCUT2D eigenvalue weighted by molar-refractivity contribution is 9.10. The zero-order chi connectivity index (χ0) is 20.9. The first-order chi connectivity index (χ1) is 14.6. The van der Waals surface area contributed by atoms with Crippen LogP contribution in [0.1, 0.15) is 39.0 Å². The van der Waals surface area contributed by atoms with Crippen LogP contribution in [0.5, 0.6) is 0 Å². The van der Waals surface area contributed by atoms with Crippen molar-refractivity contribution in [3.63, 3.8) is 0 Å².